The summed E-state index contributed by atoms with van der Waals surface area (Å²) in [7, 11) is 0. The van der Waals surface area contributed by atoms with Crippen molar-refractivity contribution >= 4 is 23.4 Å². The van der Waals surface area contributed by atoms with Gasteiger partial charge in [-0.2, -0.15) is 11.8 Å². The minimum absolute atomic E-state index is 0.0974. The van der Waals surface area contributed by atoms with E-state index in [9.17, 15) is 4.79 Å². The molecular formula is C21H23N3OS. The SMILES string of the molecule is CCSCc1ccc(Nc2nc(C)c(Cc3ccccc3)c(=O)[nH]2)cc1. The first-order valence-corrected chi connectivity index (χ1v) is 9.88. The van der Waals surface area contributed by atoms with Crippen LogP contribution in [0.3, 0.4) is 0 Å². The molecule has 0 radical (unpaired) electrons. The second-order valence-electron chi connectivity index (χ2n) is 6.10. The molecule has 0 amide bonds. The number of hydrogen-bond donors (Lipinski definition) is 2. The molecule has 26 heavy (non-hydrogen) atoms. The number of nitrogens with zero attached hydrogens (tertiary/aromatic N) is 1. The molecule has 0 saturated carbocycles. The van der Waals surface area contributed by atoms with Gasteiger partial charge in [-0.05, 0) is 35.9 Å². The second kappa shape index (κ2) is 8.72. The van der Waals surface area contributed by atoms with E-state index < -0.39 is 0 Å². The minimum Gasteiger partial charge on any atom is -0.326 e. The third-order valence-electron chi connectivity index (χ3n) is 4.14. The molecule has 3 rings (SSSR count). The molecule has 0 aliphatic heterocycles. The lowest BCUT2D eigenvalue weighted by molar-refractivity contribution is 0.986. The van der Waals surface area contributed by atoms with Crippen LogP contribution >= 0.6 is 11.8 Å². The van der Waals surface area contributed by atoms with Gasteiger partial charge in [-0.1, -0.05) is 49.4 Å². The molecule has 4 nitrogen and oxygen atoms in total. The number of aromatic amines is 1. The van der Waals surface area contributed by atoms with Crippen LogP contribution in [0.4, 0.5) is 11.6 Å². The summed E-state index contributed by atoms with van der Waals surface area (Å²) in [6, 6.07) is 18.2. The van der Waals surface area contributed by atoms with Crippen molar-refractivity contribution in [1.82, 2.24) is 9.97 Å². The summed E-state index contributed by atoms with van der Waals surface area (Å²) < 4.78 is 0. The predicted molar refractivity (Wildman–Crippen MR) is 110 cm³/mol. The summed E-state index contributed by atoms with van der Waals surface area (Å²) in [6.07, 6.45) is 0.582. The van der Waals surface area contributed by atoms with Crippen LogP contribution in [0, 0.1) is 6.92 Å². The molecule has 0 spiro atoms. The number of hydrogen-bond acceptors (Lipinski definition) is 4. The average molecular weight is 366 g/mol. The number of anilines is 2. The molecule has 0 bridgehead atoms. The molecule has 0 aliphatic carbocycles. The Morgan fingerprint density at radius 3 is 2.42 bits per heavy atom. The average Bonchev–Trinajstić information content (AvgIpc) is 2.65. The Hall–Kier alpha value is -2.53. The Kier molecular flexibility index (Phi) is 6.12. The molecule has 2 N–H and O–H groups in total. The maximum atomic E-state index is 12.5. The summed E-state index contributed by atoms with van der Waals surface area (Å²) in [4.78, 5) is 19.9. The van der Waals surface area contributed by atoms with E-state index in [1.54, 1.807) is 0 Å². The van der Waals surface area contributed by atoms with Gasteiger partial charge in [0.25, 0.3) is 5.56 Å². The molecule has 134 valence electrons. The van der Waals surface area contributed by atoms with Gasteiger partial charge in [0.05, 0.1) is 5.69 Å². The highest BCUT2D eigenvalue weighted by Gasteiger charge is 2.09. The van der Waals surface area contributed by atoms with Gasteiger partial charge in [0.2, 0.25) is 5.95 Å². The number of rotatable bonds is 7. The highest BCUT2D eigenvalue weighted by molar-refractivity contribution is 7.98. The number of H-pyrrole nitrogens is 1. The Labute approximate surface area is 158 Å². The van der Waals surface area contributed by atoms with Crippen LogP contribution in [0.2, 0.25) is 0 Å². The molecule has 3 aromatic rings. The second-order valence-corrected chi connectivity index (χ2v) is 7.37. The van der Waals surface area contributed by atoms with E-state index in [1.165, 1.54) is 5.56 Å². The topological polar surface area (TPSA) is 57.8 Å². The number of thioether (sulfide) groups is 1. The van der Waals surface area contributed by atoms with Gasteiger partial charge in [-0.25, -0.2) is 4.98 Å². The van der Waals surface area contributed by atoms with Gasteiger partial charge >= 0.3 is 0 Å². The van der Waals surface area contributed by atoms with Crippen molar-refractivity contribution in [2.45, 2.75) is 26.0 Å². The van der Waals surface area contributed by atoms with Crippen molar-refractivity contribution < 1.29 is 0 Å². The lowest BCUT2D eigenvalue weighted by Gasteiger charge is -2.10. The Morgan fingerprint density at radius 2 is 1.77 bits per heavy atom. The van der Waals surface area contributed by atoms with E-state index in [4.69, 9.17) is 0 Å². The summed E-state index contributed by atoms with van der Waals surface area (Å²) in [5.74, 6) is 2.60. The minimum atomic E-state index is -0.0974. The third kappa shape index (κ3) is 4.76. The monoisotopic (exact) mass is 365 g/mol. The molecule has 5 heteroatoms. The third-order valence-corrected chi connectivity index (χ3v) is 5.08. The standard InChI is InChI=1S/C21H23N3OS/c1-3-26-14-17-9-11-18(12-10-17)23-21-22-15(2)19(20(25)24-21)13-16-7-5-4-6-8-16/h4-12H,3,13-14H2,1-2H3,(H2,22,23,24,25). The summed E-state index contributed by atoms with van der Waals surface area (Å²) >= 11 is 1.90. The van der Waals surface area contributed by atoms with Crippen molar-refractivity contribution in [3.8, 4) is 0 Å². The van der Waals surface area contributed by atoms with E-state index in [2.05, 4.69) is 34.3 Å². The predicted octanol–water partition coefficient (Wildman–Crippen LogP) is 4.67. The lowest BCUT2D eigenvalue weighted by Crippen LogP contribution is -2.18. The Bertz CT molecular complexity index is 905. The van der Waals surface area contributed by atoms with E-state index in [0.717, 1.165) is 28.5 Å². The van der Waals surface area contributed by atoms with Crippen LogP contribution in [0.1, 0.15) is 29.3 Å². The smallest absolute Gasteiger partial charge is 0.256 e. The summed E-state index contributed by atoms with van der Waals surface area (Å²) in [5, 5.41) is 3.19. The lowest BCUT2D eigenvalue weighted by atomic mass is 10.1. The van der Waals surface area contributed by atoms with E-state index in [1.807, 2.05) is 61.2 Å². The molecule has 0 unspecified atom stereocenters. The first-order valence-electron chi connectivity index (χ1n) is 8.73. The van der Waals surface area contributed by atoms with E-state index >= 15 is 0 Å². The molecule has 0 saturated heterocycles. The van der Waals surface area contributed by atoms with Crippen molar-refractivity contribution in [1.29, 1.82) is 0 Å². The number of nitrogens with one attached hydrogen (secondary N) is 2. The number of aryl methyl sites for hydroxylation is 1. The van der Waals surface area contributed by atoms with Gasteiger partial charge in [-0.15, -0.1) is 0 Å². The zero-order valence-electron chi connectivity index (χ0n) is 15.1. The quantitative estimate of drug-likeness (QED) is 0.639. The first kappa shape index (κ1) is 18.3. The summed E-state index contributed by atoms with van der Waals surface area (Å²) in [5.41, 5.74) is 4.65. The van der Waals surface area contributed by atoms with E-state index in [-0.39, 0.29) is 5.56 Å². The highest BCUT2D eigenvalue weighted by Crippen LogP contribution is 2.18. The fourth-order valence-corrected chi connectivity index (χ4v) is 3.35. The molecular weight excluding hydrogens is 342 g/mol. The largest absolute Gasteiger partial charge is 0.326 e. The van der Waals surface area contributed by atoms with Crippen LogP contribution in [0.25, 0.3) is 0 Å². The maximum absolute atomic E-state index is 12.5. The zero-order chi connectivity index (χ0) is 18.4. The molecule has 1 aromatic heterocycles. The fraction of sp³-hybridized carbons (Fsp3) is 0.238. The summed E-state index contributed by atoms with van der Waals surface area (Å²) in [6.45, 7) is 4.04. The van der Waals surface area contributed by atoms with Gasteiger partial charge < -0.3 is 5.32 Å². The van der Waals surface area contributed by atoms with Crippen molar-refractivity contribution in [3.05, 3.63) is 87.3 Å². The van der Waals surface area contributed by atoms with Gasteiger partial charge in [-0.3, -0.25) is 9.78 Å². The molecule has 0 aliphatic rings. The van der Waals surface area contributed by atoms with Crippen LogP contribution in [-0.4, -0.2) is 15.7 Å². The maximum Gasteiger partial charge on any atom is 0.256 e. The van der Waals surface area contributed by atoms with Crippen LogP contribution in [0.5, 0.6) is 0 Å². The van der Waals surface area contributed by atoms with E-state index in [0.29, 0.717) is 17.9 Å². The molecule has 0 fully saturated rings. The van der Waals surface area contributed by atoms with Crippen molar-refractivity contribution in [2.75, 3.05) is 11.1 Å². The van der Waals surface area contributed by atoms with Gasteiger partial charge in [0, 0.05) is 23.4 Å². The van der Waals surface area contributed by atoms with Crippen LogP contribution < -0.4 is 10.9 Å². The Balaban J connectivity index is 1.74. The van der Waals surface area contributed by atoms with Gasteiger partial charge in [0.1, 0.15) is 0 Å². The normalized spacial score (nSPS) is 10.7. The Morgan fingerprint density at radius 1 is 1.04 bits per heavy atom. The fourth-order valence-electron chi connectivity index (χ4n) is 2.72. The van der Waals surface area contributed by atoms with Crippen molar-refractivity contribution in [3.63, 3.8) is 0 Å². The van der Waals surface area contributed by atoms with Crippen LogP contribution in [-0.2, 0) is 12.2 Å². The van der Waals surface area contributed by atoms with Crippen molar-refractivity contribution in [2.24, 2.45) is 0 Å². The van der Waals surface area contributed by atoms with Crippen LogP contribution in [0.15, 0.2) is 59.4 Å². The molecule has 2 aromatic carbocycles. The van der Waals surface area contributed by atoms with Gasteiger partial charge in [0.15, 0.2) is 0 Å². The number of benzene rings is 2. The molecule has 0 atom stereocenters. The number of aromatic nitrogens is 2. The first-order chi connectivity index (χ1) is 12.7. The zero-order valence-corrected chi connectivity index (χ0v) is 15.9. The highest BCUT2D eigenvalue weighted by atomic mass is 32.2. The molecule has 1 heterocycles.